The van der Waals surface area contributed by atoms with Crippen LogP contribution in [0.15, 0.2) is 36.9 Å². The van der Waals surface area contributed by atoms with Gasteiger partial charge in [0, 0.05) is 18.7 Å². The number of aromatic hydroxyl groups is 1. The van der Waals surface area contributed by atoms with Crippen LogP contribution < -0.4 is 11.3 Å². The Hall–Kier alpha value is -2.65. The van der Waals surface area contributed by atoms with Gasteiger partial charge in [0.25, 0.3) is 25.8 Å². The standard InChI is InChI=1S/C16H20N4O8S2/c1-4-20-15(21)13(9(3)14(16(20)22)30(26,27)28)19-18-11-6-10(7-17)8(2)5-12(11)29(23,24)25/h5-6,21H,4,7,17H2,1-3H3,(H,23,24,25)(H,26,27,28). The zero-order chi connectivity index (χ0) is 23.0. The lowest BCUT2D eigenvalue weighted by molar-refractivity contribution is 0.407. The molecule has 0 spiro atoms. The minimum atomic E-state index is -4.97. The van der Waals surface area contributed by atoms with Crippen LogP contribution in [0.3, 0.4) is 0 Å². The molecular weight excluding hydrogens is 440 g/mol. The monoisotopic (exact) mass is 460 g/mol. The molecule has 0 amide bonds. The first kappa shape index (κ1) is 23.6. The molecule has 0 aliphatic heterocycles. The van der Waals surface area contributed by atoms with Crippen molar-refractivity contribution < 1.29 is 31.0 Å². The lowest BCUT2D eigenvalue weighted by atomic mass is 10.1. The van der Waals surface area contributed by atoms with Crippen molar-refractivity contribution in [2.45, 2.75) is 43.7 Å². The molecule has 0 aliphatic carbocycles. The highest BCUT2D eigenvalue weighted by molar-refractivity contribution is 7.86. The van der Waals surface area contributed by atoms with Crippen LogP contribution in [0.2, 0.25) is 0 Å². The number of nitrogens with zero attached hydrogens (tertiary/aromatic N) is 3. The number of rotatable bonds is 6. The Balaban J connectivity index is 2.86. The molecule has 1 heterocycles. The van der Waals surface area contributed by atoms with Crippen LogP contribution in [-0.2, 0) is 33.3 Å². The van der Waals surface area contributed by atoms with Crippen molar-refractivity contribution in [2.75, 3.05) is 0 Å². The van der Waals surface area contributed by atoms with E-state index < -0.39 is 52.7 Å². The molecule has 0 radical (unpaired) electrons. The van der Waals surface area contributed by atoms with E-state index in [9.17, 15) is 35.8 Å². The van der Waals surface area contributed by atoms with Gasteiger partial charge >= 0.3 is 0 Å². The number of aryl methyl sites for hydroxylation is 1. The smallest absolute Gasteiger partial charge is 0.300 e. The number of benzene rings is 1. The molecule has 30 heavy (non-hydrogen) atoms. The molecule has 0 bridgehead atoms. The second-order valence-electron chi connectivity index (χ2n) is 6.28. The van der Waals surface area contributed by atoms with Crippen molar-refractivity contribution >= 4 is 31.6 Å². The van der Waals surface area contributed by atoms with E-state index in [0.29, 0.717) is 15.7 Å². The van der Waals surface area contributed by atoms with Crippen LogP contribution in [0.1, 0.15) is 23.6 Å². The van der Waals surface area contributed by atoms with Gasteiger partial charge in [0.2, 0.25) is 5.88 Å². The summed E-state index contributed by atoms with van der Waals surface area (Å²) in [4.78, 5) is 10.7. The summed E-state index contributed by atoms with van der Waals surface area (Å²) in [5.41, 5.74) is 4.19. The van der Waals surface area contributed by atoms with Crippen LogP contribution in [0.25, 0.3) is 0 Å². The molecule has 0 saturated heterocycles. The molecule has 164 valence electrons. The van der Waals surface area contributed by atoms with Crippen molar-refractivity contribution in [3.05, 3.63) is 39.2 Å². The Bertz CT molecular complexity index is 1310. The first-order valence-corrected chi connectivity index (χ1v) is 11.3. The van der Waals surface area contributed by atoms with E-state index in [1.807, 2.05) is 0 Å². The predicted octanol–water partition coefficient (Wildman–Crippen LogP) is 1.56. The van der Waals surface area contributed by atoms with E-state index in [1.54, 1.807) is 6.92 Å². The fourth-order valence-corrected chi connectivity index (χ4v) is 4.33. The van der Waals surface area contributed by atoms with Gasteiger partial charge in [-0.2, -0.15) is 16.8 Å². The van der Waals surface area contributed by atoms with E-state index in [-0.39, 0.29) is 18.8 Å². The van der Waals surface area contributed by atoms with E-state index >= 15 is 0 Å². The van der Waals surface area contributed by atoms with Gasteiger partial charge in [-0.3, -0.25) is 18.5 Å². The molecule has 0 saturated carbocycles. The fourth-order valence-electron chi connectivity index (χ4n) is 2.82. The van der Waals surface area contributed by atoms with Crippen molar-refractivity contribution in [3.8, 4) is 5.88 Å². The molecular formula is C16H20N4O8S2. The zero-order valence-electron chi connectivity index (χ0n) is 16.2. The van der Waals surface area contributed by atoms with E-state index in [0.717, 1.165) is 13.0 Å². The maximum absolute atomic E-state index is 12.3. The number of pyridine rings is 1. The van der Waals surface area contributed by atoms with E-state index in [4.69, 9.17) is 5.73 Å². The summed E-state index contributed by atoms with van der Waals surface area (Å²) < 4.78 is 66.2. The molecule has 12 nitrogen and oxygen atoms in total. The Kier molecular flexibility index (Phi) is 6.48. The van der Waals surface area contributed by atoms with Crippen molar-refractivity contribution in [2.24, 2.45) is 16.0 Å². The summed E-state index contributed by atoms with van der Waals surface area (Å²) in [5.74, 6) is -0.740. The van der Waals surface area contributed by atoms with Crippen LogP contribution in [0, 0.1) is 13.8 Å². The molecule has 2 rings (SSSR count). The quantitative estimate of drug-likeness (QED) is 0.364. The second kappa shape index (κ2) is 8.23. The van der Waals surface area contributed by atoms with E-state index in [1.165, 1.54) is 13.0 Å². The normalized spacial score (nSPS) is 12.6. The molecule has 0 unspecified atom stereocenters. The Morgan fingerprint density at radius 2 is 1.67 bits per heavy atom. The Morgan fingerprint density at radius 3 is 2.13 bits per heavy atom. The van der Waals surface area contributed by atoms with Crippen molar-refractivity contribution in [1.29, 1.82) is 0 Å². The summed E-state index contributed by atoms with van der Waals surface area (Å²) in [6.07, 6.45) is 0. The van der Waals surface area contributed by atoms with Gasteiger partial charge in [-0.15, -0.1) is 10.2 Å². The number of hydrogen-bond donors (Lipinski definition) is 4. The molecule has 0 aliphatic rings. The van der Waals surface area contributed by atoms with Crippen LogP contribution in [-0.4, -0.2) is 35.6 Å². The molecule has 1 aromatic heterocycles. The number of azo groups is 1. The van der Waals surface area contributed by atoms with Gasteiger partial charge in [-0.05, 0) is 44.0 Å². The van der Waals surface area contributed by atoms with Crippen LogP contribution in [0.5, 0.6) is 5.88 Å². The number of aromatic nitrogens is 1. The van der Waals surface area contributed by atoms with E-state index in [2.05, 4.69) is 10.2 Å². The van der Waals surface area contributed by atoms with Gasteiger partial charge in [-0.25, -0.2) is 0 Å². The van der Waals surface area contributed by atoms with Gasteiger partial charge in [0.1, 0.15) is 10.6 Å². The third-order valence-electron chi connectivity index (χ3n) is 4.35. The fraction of sp³-hybridized carbons (Fsp3) is 0.312. The minimum Gasteiger partial charge on any atom is -0.493 e. The molecule has 5 N–H and O–H groups in total. The Labute approximate surface area is 172 Å². The van der Waals surface area contributed by atoms with Crippen LogP contribution in [0.4, 0.5) is 11.4 Å². The van der Waals surface area contributed by atoms with Gasteiger partial charge in [-0.1, -0.05) is 0 Å². The first-order valence-electron chi connectivity index (χ1n) is 8.40. The average Bonchev–Trinajstić information content (AvgIpc) is 2.60. The van der Waals surface area contributed by atoms with Crippen molar-refractivity contribution in [3.63, 3.8) is 0 Å². The predicted molar refractivity (Wildman–Crippen MR) is 106 cm³/mol. The highest BCUT2D eigenvalue weighted by Crippen LogP contribution is 2.35. The van der Waals surface area contributed by atoms with Gasteiger partial charge in [0.05, 0.1) is 0 Å². The summed E-state index contributed by atoms with van der Waals surface area (Å²) >= 11 is 0. The molecule has 14 heteroatoms. The summed E-state index contributed by atoms with van der Waals surface area (Å²) in [6.45, 7) is 3.99. The van der Waals surface area contributed by atoms with Gasteiger partial charge < -0.3 is 10.8 Å². The summed E-state index contributed by atoms with van der Waals surface area (Å²) in [7, 11) is -9.67. The summed E-state index contributed by atoms with van der Waals surface area (Å²) in [6, 6.07) is 2.39. The van der Waals surface area contributed by atoms with Crippen LogP contribution >= 0.6 is 0 Å². The molecule has 0 atom stereocenters. The third-order valence-corrected chi connectivity index (χ3v) is 6.23. The lowest BCUT2D eigenvalue weighted by Gasteiger charge is -2.13. The zero-order valence-corrected chi connectivity index (χ0v) is 17.8. The highest BCUT2D eigenvalue weighted by Gasteiger charge is 2.26. The molecule has 1 aromatic carbocycles. The highest BCUT2D eigenvalue weighted by atomic mass is 32.2. The lowest BCUT2D eigenvalue weighted by Crippen LogP contribution is -2.26. The summed E-state index contributed by atoms with van der Waals surface area (Å²) in [5, 5.41) is 17.8. The second-order valence-corrected chi connectivity index (χ2v) is 9.02. The number of nitrogens with two attached hydrogens (primary N) is 1. The topological polar surface area (TPSA) is 202 Å². The Morgan fingerprint density at radius 1 is 1.07 bits per heavy atom. The minimum absolute atomic E-state index is 0.0258. The molecule has 0 fully saturated rings. The third kappa shape index (κ3) is 4.41. The maximum atomic E-state index is 12.3. The SMILES string of the molecule is CCn1c(O)c(N=Nc2cc(CN)c(C)cc2S(=O)(=O)O)c(C)c(S(=O)(=O)O)c1=O. The first-order chi connectivity index (χ1) is 13.7. The average molecular weight is 460 g/mol. The van der Waals surface area contributed by atoms with Gasteiger partial charge in [0.15, 0.2) is 10.6 Å². The largest absolute Gasteiger partial charge is 0.493 e. The maximum Gasteiger partial charge on any atom is 0.300 e. The van der Waals surface area contributed by atoms with Crippen molar-refractivity contribution in [1.82, 2.24) is 4.57 Å². The molecule has 2 aromatic rings. The number of hydrogen-bond acceptors (Lipinski definition) is 9.